The Morgan fingerprint density at radius 3 is 2.43 bits per heavy atom. The van der Waals surface area contributed by atoms with Crippen LogP contribution < -0.4 is 9.44 Å². The van der Waals surface area contributed by atoms with Crippen LogP contribution in [-0.2, 0) is 19.7 Å². The number of carbonyl (C=O) groups excluding carboxylic acids is 1. The molecule has 9 heteroatoms. The third kappa shape index (κ3) is 5.51. The highest BCUT2D eigenvalue weighted by molar-refractivity contribution is 7.87. The Balaban J connectivity index is 1.61. The van der Waals surface area contributed by atoms with E-state index in [2.05, 4.69) is 33.7 Å². The lowest BCUT2D eigenvalue weighted by molar-refractivity contribution is -0.00861. The van der Waals surface area contributed by atoms with Gasteiger partial charge in [-0.25, -0.2) is 9.52 Å². The third-order valence-corrected chi connectivity index (χ3v) is 7.45. The molecule has 2 aliphatic rings. The highest BCUT2D eigenvalue weighted by Crippen LogP contribution is 2.34. The van der Waals surface area contributed by atoms with Gasteiger partial charge >= 0.3 is 6.09 Å². The van der Waals surface area contributed by atoms with Crippen molar-refractivity contribution < 1.29 is 22.7 Å². The number of ether oxygens (including phenoxy) is 2. The summed E-state index contributed by atoms with van der Waals surface area (Å²) in [6.45, 7) is 2.17. The van der Waals surface area contributed by atoms with Crippen LogP contribution in [0.5, 0.6) is 0 Å². The van der Waals surface area contributed by atoms with Crippen LogP contribution in [0.4, 0.5) is 4.79 Å². The molecule has 2 fully saturated rings. The topological polar surface area (TPSA) is 97.0 Å². The SMILES string of the molecule is CNS(=O)(=O)N[C@H]1C[C@@H](C)N(C(=O)OC)C1CO[C@H]1CC[C@@H](c2ccccc2)CC1. The number of rotatable bonds is 7. The number of nitrogens with one attached hydrogen (secondary N) is 2. The lowest BCUT2D eigenvalue weighted by atomic mass is 9.83. The summed E-state index contributed by atoms with van der Waals surface area (Å²) in [4.78, 5) is 13.9. The van der Waals surface area contributed by atoms with Crippen molar-refractivity contribution in [1.29, 1.82) is 0 Å². The molecule has 0 bridgehead atoms. The lowest BCUT2D eigenvalue weighted by Gasteiger charge is -2.33. The van der Waals surface area contributed by atoms with Gasteiger partial charge in [0, 0.05) is 19.1 Å². The molecule has 0 radical (unpaired) electrons. The number of carbonyl (C=O) groups is 1. The summed E-state index contributed by atoms with van der Waals surface area (Å²) in [5, 5.41) is 0. The van der Waals surface area contributed by atoms with Crippen molar-refractivity contribution in [2.24, 2.45) is 0 Å². The molecule has 1 saturated carbocycles. The zero-order valence-corrected chi connectivity index (χ0v) is 18.7. The molecule has 1 heterocycles. The highest BCUT2D eigenvalue weighted by Gasteiger charge is 2.44. The molecule has 1 aromatic rings. The van der Waals surface area contributed by atoms with Gasteiger partial charge in [0.2, 0.25) is 0 Å². The Labute approximate surface area is 179 Å². The molecule has 3 rings (SSSR count). The van der Waals surface area contributed by atoms with Gasteiger partial charge in [0.1, 0.15) is 0 Å². The highest BCUT2D eigenvalue weighted by atomic mass is 32.2. The summed E-state index contributed by atoms with van der Waals surface area (Å²) in [6.07, 6.45) is 4.18. The van der Waals surface area contributed by atoms with Gasteiger partial charge in [-0.1, -0.05) is 30.3 Å². The van der Waals surface area contributed by atoms with E-state index in [1.54, 1.807) is 4.90 Å². The molecular weight excluding hydrogens is 406 g/mol. The van der Waals surface area contributed by atoms with Crippen molar-refractivity contribution in [2.75, 3.05) is 20.8 Å². The fourth-order valence-corrected chi connectivity index (χ4v) is 5.45. The van der Waals surface area contributed by atoms with Gasteiger partial charge < -0.3 is 9.47 Å². The Morgan fingerprint density at radius 2 is 1.83 bits per heavy atom. The van der Waals surface area contributed by atoms with E-state index in [1.807, 2.05) is 13.0 Å². The minimum Gasteiger partial charge on any atom is -0.453 e. The second-order valence-corrected chi connectivity index (χ2v) is 9.83. The van der Waals surface area contributed by atoms with Crippen molar-refractivity contribution >= 4 is 16.3 Å². The summed E-state index contributed by atoms with van der Waals surface area (Å²) in [6, 6.07) is 9.55. The smallest absolute Gasteiger partial charge is 0.410 e. The molecule has 168 valence electrons. The Bertz CT molecular complexity index is 796. The minimum atomic E-state index is -3.63. The first-order chi connectivity index (χ1) is 14.3. The van der Waals surface area contributed by atoms with Crippen molar-refractivity contribution in [2.45, 2.75) is 69.2 Å². The molecule has 1 saturated heterocycles. The summed E-state index contributed by atoms with van der Waals surface area (Å²) in [7, 11) is -0.938. The second-order valence-electron chi connectivity index (χ2n) is 8.18. The standard InChI is InChI=1S/C21H33N3O5S/c1-15-13-19(23-30(26,27)22-2)20(24(15)21(25)28-3)14-29-18-11-9-17(10-12-18)16-7-5-4-6-8-16/h4-8,15,17-20,22-23H,9-14H2,1-3H3/t15-,17-,18+,19+,20?/m1/s1. The number of hydrogen-bond donors (Lipinski definition) is 2. The number of benzene rings is 1. The molecule has 0 spiro atoms. The van der Waals surface area contributed by atoms with E-state index in [-0.39, 0.29) is 18.8 Å². The minimum absolute atomic E-state index is 0.113. The summed E-state index contributed by atoms with van der Waals surface area (Å²) in [5.74, 6) is 0.555. The van der Waals surface area contributed by atoms with E-state index in [0.29, 0.717) is 12.3 Å². The van der Waals surface area contributed by atoms with E-state index in [1.165, 1.54) is 19.7 Å². The predicted molar refractivity (Wildman–Crippen MR) is 114 cm³/mol. The third-order valence-electron chi connectivity index (χ3n) is 6.30. The molecule has 1 amide bonds. The van der Waals surface area contributed by atoms with Crippen molar-refractivity contribution in [3.63, 3.8) is 0 Å². The van der Waals surface area contributed by atoms with Crippen LogP contribution in [0.3, 0.4) is 0 Å². The number of amides is 1. The van der Waals surface area contributed by atoms with Crippen LogP contribution in [0.15, 0.2) is 30.3 Å². The molecule has 3 atom stereocenters. The van der Waals surface area contributed by atoms with Gasteiger partial charge in [0.05, 0.1) is 25.9 Å². The summed E-state index contributed by atoms with van der Waals surface area (Å²) < 4.78 is 40.1. The fraction of sp³-hybridized carbons (Fsp3) is 0.667. The first-order valence-electron chi connectivity index (χ1n) is 10.6. The molecule has 1 aliphatic carbocycles. The lowest BCUT2D eigenvalue weighted by Crippen LogP contribution is -2.52. The Morgan fingerprint density at radius 1 is 1.17 bits per heavy atom. The molecule has 0 aromatic heterocycles. The number of nitrogens with zero attached hydrogens (tertiary/aromatic N) is 1. The maximum absolute atomic E-state index is 12.3. The molecule has 1 aliphatic heterocycles. The van der Waals surface area contributed by atoms with Gasteiger partial charge in [-0.2, -0.15) is 13.1 Å². The molecule has 2 N–H and O–H groups in total. The quantitative estimate of drug-likeness (QED) is 0.680. The first-order valence-corrected chi connectivity index (χ1v) is 12.1. The maximum atomic E-state index is 12.3. The van der Waals surface area contributed by atoms with Crippen LogP contribution in [0.1, 0.15) is 50.5 Å². The zero-order valence-electron chi connectivity index (χ0n) is 17.9. The molecule has 8 nitrogen and oxygen atoms in total. The monoisotopic (exact) mass is 439 g/mol. The van der Waals surface area contributed by atoms with Gasteiger partial charge in [-0.05, 0) is 50.5 Å². The van der Waals surface area contributed by atoms with E-state index >= 15 is 0 Å². The van der Waals surface area contributed by atoms with E-state index in [0.717, 1.165) is 25.7 Å². The predicted octanol–water partition coefficient (Wildman–Crippen LogP) is 2.38. The van der Waals surface area contributed by atoms with Gasteiger partial charge in [0.15, 0.2) is 0 Å². The van der Waals surface area contributed by atoms with Crippen molar-refractivity contribution in [3.8, 4) is 0 Å². The van der Waals surface area contributed by atoms with Gasteiger partial charge in [0.25, 0.3) is 10.2 Å². The van der Waals surface area contributed by atoms with Gasteiger partial charge in [-0.3, -0.25) is 4.90 Å². The Hall–Kier alpha value is -1.68. The summed E-state index contributed by atoms with van der Waals surface area (Å²) >= 11 is 0. The number of hydrogen-bond acceptors (Lipinski definition) is 5. The van der Waals surface area contributed by atoms with Crippen LogP contribution in [0.2, 0.25) is 0 Å². The average molecular weight is 440 g/mol. The molecule has 1 aromatic carbocycles. The average Bonchev–Trinajstić information content (AvgIpc) is 3.06. The second kappa shape index (κ2) is 10.1. The largest absolute Gasteiger partial charge is 0.453 e. The number of likely N-dealkylation sites (tertiary alicyclic amines) is 1. The summed E-state index contributed by atoms with van der Waals surface area (Å²) in [5.41, 5.74) is 1.37. The van der Waals surface area contributed by atoms with E-state index < -0.39 is 28.4 Å². The molecular formula is C21H33N3O5S. The molecule has 1 unspecified atom stereocenters. The number of methoxy groups -OCH3 is 1. The normalized spacial score (nSPS) is 29.7. The molecule has 30 heavy (non-hydrogen) atoms. The first kappa shape index (κ1) is 23.0. The fourth-order valence-electron chi connectivity index (χ4n) is 4.68. The van der Waals surface area contributed by atoms with Crippen LogP contribution in [0, 0.1) is 0 Å². The van der Waals surface area contributed by atoms with Gasteiger partial charge in [-0.15, -0.1) is 0 Å². The van der Waals surface area contributed by atoms with E-state index in [4.69, 9.17) is 9.47 Å². The Kier molecular flexibility index (Phi) is 7.73. The van der Waals surface area contributed by atoms with Crippen LogP contribution in [0.25, 0.3) is 0 Å². The van der Waals surface area contributed by atoms with E-state index in [9.17, 15) is 13.2 Å². The maximum Gasteiger partial charge on any atom is 0.410 e. The zero-order chi connectivity index (χ0) is 21.7. The van der Waals surface area contributed by atoms with Crippen LogP contribution in [-0.4, -0.2) is 64.4 Å². The van der Waals surface area contributed by atoms with Crippen LogP contribution >= 0.6 is 0 Å². The van der Waals surface area contributed by atoms with Crippen molar-refractivity contribution in [1.82, 2.24) is 14.3 Å². The van der Waals surface area contributed by atoms with Crippen molar-refractivity contribution in [3.05, 3.63) is 35.9 Å².